The van der Waals surface area contributed by atoms with Crippen LogP contribution in [0.1, 0.15) is 0 Å². The zero-order chi connectivity index (χ0) is 21.1. The molecule has 160 valence electrons. The first-order valence-electron chi connectivity index (χ1n) is 9.49. The molecule has 1 amide bonds. The Balaban J connectivity index is 1.34. The van der Waals surface area contributed by atoms with Crippen LogP contribution in [0, 0.1) is 0 Å². The second-order valence-electron chi connectivity index (χ2n) is 6.83. The molecule has 2 aliphatic heterocycles. The van der Waals surface area contributed by atoms with Crippen LogP contribution in [-0.4, -0.2) is 69.5 Å². The number of hydrogen-bond acceptors (Lipinski definition) is 6. The fraction of sp³-hybridized carbons (Fsp3) is 0.350. The van der Waals surface area contributed by atoms with E-state index < -0.39 is 10.0 Å². The highest BCUT2D eigenvalue weighted by Gasteiger charge is 2.31. The summed E-state index contributed by atoms with van der Waals surface area (Å²) in [5, 5.41) is 0.587. The first kappa shape index (κ1) is 20.8. The molecular weight excluding hydrogens is 432 g/mol. The number of sulfonamides is 1. The highest BCUT2D eigenvalue weighted by Crippen LogP contribution is 2.33. The van der Waals surface area contributed by atoms with Crippen LogP contribution in [0.2, 0.25) is 5.02 Å². The number of carbonyl (C=O) groups excluding carboxylic acids is 1. The lowest BCUT2D eigenvalue weighted by molar-refractivity contribution is -0.134. The summed E-state index contributed by atoms with van der Waals surface area (Å²) in [6.45, 7) is 1.73. The molecule has 10 heteroatoms. The standard InChI is InChI=1S/C20H21ClN2O6S/c21-15-1-3-16(4-2-15)29-14-20(24)22-7-9-23(10-8-22)30(25,26)17-5-6-18-19(13-17)28-12-11-27-18/h1-6,13H,7-12,14H2. The van der Waals surface area contributed by atoms with Crippen molar-refractivity contribution in [1.82, 2.24) is 9.21 Å². The number of amides is 1. The van der Waals surface area contributed by atoms with Gasteiger partial charge in [-0.15, -0.1) is 0 Å². The van der Waals surface area contributed by atoms with Gasteiger partial charge in [-0.1, -0.05) is 11.6 Å². The predicted molar refractivity (Wildman–Crippen MR) is 110 cm³/mol. The van der Waals surface area contributed by atoms with E-state index >= 15 is 0 Å². The van der Waals surface area contributed by atoms with E-state index in [4.69, 9.17) is 25.8 Å². The third-order valence-electron chi connectivity index (χ3n) is 4.92. The first-order valence-corrected chi connectivity index (χ1v) is 11.3. The van der Waals surface area contributed by atoms with Gasteiger partial charge in [-0.05, 0) is 36.4 Å². The number of fused-ring (bicyclic) bond motifs is 1. The van der Waals surface area contributed by atoms with Crippen molar-refractivity contribution in [1.29, 1.82) is 0 Å². The molecule has 0 aliphatic carbocycles. The third kappa shape index (κ3) is 4.48. The van der Waals surface area contributed by atoms with Gasteiger partial charge in [0.2, 0.25) is 10.0 Å². The number of benzene rings is 2. The van der Waals surface area contributed by atoms with Gasteiger partial charge in [0.05, 0.1) is 4.90 Å². The van der Waals surface area contributed by atoms with Crippen molar-refractivity contribution in [2.45, 2.75) is 4.90 Å². The molecule has 0 saturated carbocycles. The van der Waals surface area contributed by atoms with E-state index in [1.165, 1.54) is 16.4 Å². The fourth-order valence-corrected chi connectivity index (χ4v) is 4.84. The highest BCUT2D eigenvalue weighted by atomic mass is 35.5. The predicted octanol–water partition coefficient (Wildman–Crippen LogP) is 2.02. The Kier molecular flexibility index (Phi) is 6.03. The van der Waals surface area contributed by atoms with Crippen molar-refractivity contribution in [2.24, 2.45) is 0 Å². The number of nitrogens with zero attached hydrogens (tertiary/aromatic N) is 2. The molecule has 2 heterocycles. The minimum atomic E-state index is -3.69. The van der Waals surface area contributed by atoms with Crippen LogP contribution in [0.4, 0.5) is 0 Å². The topological polar surface area (TPSA) is 85.4 Å². The van der Waals surface area contributed by atoms with E-state index in [2.05, 4.69) is 0 Å². The summed E-state index contributed by atoms with van der Waals surface area (Å²) in [5.41, 5.74) is 0. The zero-order valence-electron chi connectivity index (χ0n) is 16.1. The smallest absolute Gasteiger partial charge is 0.260 e. The van der Waals surface area contributed by atoms with Crippen LogP contribution in [-0.2, 0) is 14.8 Å². The average molecular weight is 453 g/mol. The van der Waals surface area contributed by atoms with Crippen molar-refractivity contribution in [3.05, 3.63) is 47.5 Å². The lowest BCUT2D eigenvalue weighted by atomic mass is 10.3. The minimum Gasteiger partial charge on any atom is -0.486 e. The van der Waals surface area contributed by atoms with Crippen LogP contribution in [0.5, 0.6) is 17.2 Å². The van der Waals surface area contributed by atoms with Crippen molar-refractivity contribution in [3.63, 3.8) is 0 Å². The van der Waals surface area contributed by atoms with Gasteiger partial charge in [-0.3, -0.25) is 4.79 Å². The maximum absolute atomic E-state index is 13.0. The van der Waals surface area contributed by atoms with Crippen LogP contribution in [0.15, 0.2) is 47.4 Å². The quantitative estimate of drug-likeness (QED) is 0.690. The van der Waals surface area contributed by atoms with E-state index in [0.717, 1.165) is 0 Å². The molecule has 0 bridgehead atoms. The zero-order valence-corrected chi connectivity index (χ0v) is 17.7. The molecule has 2 aromatic rings. The molecule has 2 aromatic carbocycles. The Bertz CT molecular complexity index is 1020. The molecule has 0 atom stereocenters. The van der Waals surface area contributed by atoms with E-state index in [1.807, 2.05) is 0 Å². The lowest BCUT2D eigenvalue weighted by Crippen LogP contribution is -2.51. The lowest BCUT2D eigenvalue weighted by Gasteiger charge is -2.34. The van der Waals surface area contributed by atoms with Gasteiger partial charge in [0.15, 0.2) is 18.1 Å². The van der Waals surface area contributed by atoms with Gasteiger partial charge >= 0.3 is 0 Å². The van der Waals surface area contributed by atoms with E-state index in [0.29, 0.717) is 48.6 Å². The molecule has 8 nitrogen and oxygen atoms in total. The Hall–Kier alpha value is -2.49. The Morgan fingerprint density at radius 2 is 1.63 bits per heavy atom. The summed E-state index contributed by atoms with van der Waals surface area (Å²) in [6.07, 6.45) is 0. The third-order valence-corrected chi connectivity index (χ3v) is 7.07. The van der Waals surface area contributed by atoms with Crippen LogP contribution in [0.25, 0.3) is 0 Å². The SMILES string of the molecule is O=C(COc1ccc(Cl)cc1)N1CCN(S(=O)(=O)c2ccc3c(c2)OCCO3)CC1. The molecular formula is C20H21ClN2O6S. The number of piperazine rings is 1. The van der Waals surface area contributed by atoms with Gasteiger partial charge in [-0.25, -0.2) is 8.42 Å². The second kappa shape index (κ2) is 8.71. The molecule has 0 spiro atoms. The van der Waals surface area contributed by atoms with Crippen molar-refractivity contribution >= 4 is 27.5 Å². The maximum Gasteiger partial charge on any atom is 0.260 e. The molecule has 1 saturated heterocycles. The number of hydrogen-bond donors (Lipinski definition) is 0. The second-order valence-corrected chi connectivity index (χ2v) is 9.21. The summed E-state index contributed by atoms with van der Waals surface area (Å²) in [6, 6.07) is 11.4. The van der Waals surface area contributed by atoms with E-state index in [-0.39, 0.29) is 30.5 Å². The summed E-state index contributed by atoms with van der Waals surface area (Å²) >= 11 is 5.83. The van der Waals surface area contributed by atoms with E-state index in [1.54, 1.807) is 35.2 Å². The Labute approximate surface area is 179 Å². The largest absolute Gasteiger partial charge is 0.486 e. The van der Waals surface area contributed by atoms with Crippen molar-refractivity contribution in [3.8, 4) is 17.2 Å². The van der Waals surface area contributed by atoms with Crippen molar-refractivity contribution in [2.75, 3.05) is 46.0 Å². The number of rotatable bonds is 5. The van der Waals surface area contributed by atoms with Gasteiger partial charge in [0.1, 0.15) is 19.0 Å². The van der Waals surface area contributed by atoms with Gasteiger partial charge < -0.3 is 19.1 Å². The molecule has 0 N–H and O–H groups in total. The molecule has 1 fully saturated rings. The fourth-order valence-electron chi connectivity index (χ4n) is 3.28. The molecule has 0 radical (unpaired) electrons. The molecule has 2 aliphatic rings. The molecule has 4 rings (SSSR count). The monoisotopic (exact) mass is 452 g/mol. The summed E-state index contributed by atoms with van der Waals surface area (Å²) in [7, 11) is -3.69. The molecule has 30 heavy (non-hydrogen) atoms. The summed E-state index contributed by atoms with van der Waals surface area (Å²) in [4.78, 5) is 14.2. The molecule has 0 aromatic heterocycles. The Morgan fingerprint density at radius 3 is 2.33 bits per heavy atom. The average Bonchev–Trinajstić information content (AvgIpc) is 2.78. The maximum atomic E-state index is 13.0. The highest BCUT2D eigenvalue weighted by molar-refractivity contribution is 7.89. The van der Waals surface area contributed by atoms with E-state index in [9.17, 15) is 13.2 Å². The van der Waals surface area contributed by atoms with Crippen molar-refractivity contribution < 1.29 is 27.4 Å². The summed E-state index contributed by atoms with van der Waals surface area (Å²) in [5.74, 6) is 1.32. The van der Waals surface area contributed by atoms with Gasteiger partial charge in [-0.2, -0.15) is 4.31 Å². The van der Waals surface area contributed by atoms with Gasteiger partial charge in [0, 0.05) is 37.3 Å². The minimum absolute atomic E-state index is 0.115. The van der Waals surface area contributed by atoms with Crippen LogP contribution in [0.3, 0.4) is 0 Å². The Morgan fingerprint density at radius 1 is 0.967 bits per heavy atom. The van der Waals surface area contributed by atoms with Crippen LogP contribution >= 0.6 is 11.6 Å². The normalized spacial score (nSPS) is 16.9. The molecule has 0 unspecified atom stereocenters. The number of carbonyl (C=O) groups is 1. The van der Waals surface area contributed by atoms with Gasteiger partial charge in [0.25, 0.3) is 5.91 Å². The van der Waals surface area contributed by atoms with Crippen LogP contribution < -0.4 is 14.2 Å². The number of ether oxygens (including phenoxy) is 3. The first-order chi connectivity index (χ1) is 14.4. The summed E-state index contributed by atoms with van der Waals surface area (Å²) < 4.78 is 43.7. The number of halogens is 1.